The lowest BCUT2D eigenvalue weighted by molar-refractivity contribution is -0.128. The van der Waals surface area contributed by atoms with Crippen LogP contribution in [-0.4, -0.2) is 43.4 Å². The number of amides is 1. The Labute approximate surface area is 138 Å². The molecule has 3 rings (SSSR count). The molecule has 9 heteroatoms. The summed E-state index contributed by atoms with van der Waals surface area (Å²) in [5, 5.41) is 12.0. The molecule has 0 atom stereocenters. The van der Waals surface area contributed by atoms with Gasteiger partial charge in [0.05, 0.1) is 12.3 Å². The summed E-state index contributed by atoms with van der Waals surface area (Å²) >= 11 is 1.23. The smallest absolute Gasteiger partial charge is 0.277 e. The van der Waals surface area contributed by atoms with Crippen LogP contribution in [0.3, 0.4) is 0 Å². The maximum Gasteiger partial charge on any atom is 0.277 e. The number of thioether (sulfide) groups is 1. The van der Waals surface area contributed by atoms with Crippen molar-refractivity contribution < 1.29 is 13.7 Å². The molecule has 1 fully saturated rings. The van der Waals surface area contributed by atoms with Crippen LogP contribution in [0.4, 0.5) is 0 Å². The van der Waals surface area contributed by atoms with E-state index in [1.165, 1.54) is 18.2 Å². The number of rotatable bonds is 7. The van der Waals surface area contributed by atoms with Crippen LogP contribution in [-0.2, 0) is 11.3 Å². The third-order valence-electron chi connectivity index (χ3n) is 3.83. The molecule has 0 N–H and O–H groups in total. The van der Waals surface area contributed by atoms with E-state index in [1.54, 1.807) is 11.8 Å². The molecule has 1 saturated carbocycles. The van der Waals surface area contributed by atoms with Gasteiger partial charge in [-0.3, -0.25) is 4.79 Å². The molecule has 0 bridgehead atoms. The van der Waals surface area contributed by atoms with E-state index in [0.29, 0.717) is 41.8 Å². The lowest BCUT2D eigenvalue weighted by atomic mass is 9.85. The predicted molar refractivity (Wildman–Crippen MR) is 81.7 cm³/mol. The first-order chi connectivity index (χ1) is 11.2. The highest BCUT2D eigenvalue weighted by molar-refractivity contribution is 7.99. The summed E-state index contributed by atoms with van der Waals surface area (Å²) in [7, 11) is 0. The van der Waals surface area contributed by atoms with Gasteiger partial charge in [0.1, 0.15) is 0 Å². The minimum Gasteiger partial charge on any atom is -0.416 e. The van der Waals surface area contributed by atoms with Crippen molar-refractivity contribution in [2.24, 2.45) is 0 Å². The van der Waals surface area contributed by atoms with Gasteiger partial charge in [0.2, 0.25) is 17.7 Å². The predicted octanol–water partition coefficient (Wildman–Crippen LogP) is 2.17. The second kappa shape index (κ2) is 7.12. The van der Waals surface area contributed by atoms with Crippen molar-refractivity contribution in [3.8, 4) is 0 Å². The first-order valence-corrected chi connectivity index (χ1v) is 8.67. The SMILES string of the molecule is CCN(Cc1noc(C2CCC2)n1)C(=O)CSc1nnc(C)o1. The number of nitrogens with zero attached hydrogens (tertiary/aromatic N) is 5. The van der Waals surface area contributed by atoms with Gasteiger partial charge >= 0.3 is 0 Å². The number of aryl methyl sites for hydroxylation is 1. The highest BCUT2D eigenvalue weighted by atomic mass is 32.2. The van der Waals surface area contributed by atoms with E-state index in [4.69, 9.17) is 8.94 Å². The average molecular weight is 337 g/mol. The van der Waals surface area contributed by atoms with Crippen LogP contribution < -0.4 is 0 Å². The van der Waals surface area contributed by atoms with Crippen molar-refractivity contribution in [2.45, 2.75) is 50.8 Å². The Morgan fingerprint density at radius 3 is 2.83 bits per heavy atom. The van der Waals surface area contributed by atoms with Crippen LogP contribution in [0.2, 0.25) is 0 Å². The van der Waals surface area contributed by atoms with Crippen LogP contribution in [0.5, 0.6) is 0 Å². The lowest BCUT2D eigenvalue weighted by Crippen LogP contribution is -2.32. The van der Waals surface area contributed by atoms with Gasteiger partial charge in [-0.05, 0) is 19.8 Å². The maximum absolute atomic E-state index is 12.3. The Morgan fingerprint density at radius 1 is 1.39 bits per heavy atom. The number of hydrogen-bond acceptors (Lipinski definition) is 8. The van der Waals surface area contributed by atoms with Crippen molar-refractivity contribution in [1.82, 2.24) is 25.2 Å². The third kappa shape index (κ3) is 3.90. The van der Waals surface area contributed by atoms with Crippen LogP contribution in [0, 0.1) is 6.92 Å². The second-order valence-electron chi connectivity index (χ2n) is 5.46. The first-order valence-electron chi connectivity index (χ1n) is 7.69. The third-order valence-corrected chi connectivity index (χ3v) is 4.63. The molecule has 1 aliphatic rings. The highest BCUT2D eigenvalue weighted by Crippen LogP contribution is 2.35. The van der Waals surface area contributed by atoms with Crippen molar-refractivity contribution in [3.05, 3.63) is 17.6 Å². The molecule has 1 amide bonds. The van der Waals surface area contributed by atoms with Crippen molar-refractivity contribution in [2.75, 3.05) is 12.3 Å². The zero-order valence-corrected chi connectivity index (χ0v) is 14.0. The van der Waals surface area contributed by atoms with Crippen LogP contribution in [0.15, 0.2) is 14.2 Å². The van der Waals surface area contributed by atoms with E-state index in [9.17, 15) is 4.79 Å². The van der Waals surface area contributed by atoms with Crippen LogP contribution >= 0.6 is 11.8 Å². The fourth-order valence-corrected chi connectivity index (χ4v) is 2.96. The lowest BCUT2D eigenvalue weighted by Gasteiger charge is -2.20. The van der Waals surface area contributed by atoms with Crippen molar-refractivity contribution in [3.63, 3.8) is 0 Å². The van der Waals surface area contributed by atoms with E-state index in [0.717, 1.165) is 12.8 Å². The minimum atomic E-state index is -0.0247. The Kier molecular flexibility index (Phi) is 4.94. The Morgan fingerprint density at radius 2 is 2.22 bits per heavy atom. The van der Waals surface area contributed by atoms with Crippen LogP contribution in [0.25, 0.3) is 0 Å². The fourth-order valence-electron chi connectivity index (χ4n) is 2.25. The topological polar surface area (TPSA) is 98.2 Å². The highest BCUT2D eigenvalue weighted by Gasteiger charge is 2.26. The quantitative estimate of drug-likeness (QED) is 0.709. The maximum atomic E-state index is 12.3. The summed E-state index contributed by atoms with van der Waals surface area (Å²) in [4.78, 5) is 18.4. The molecule has 0 aliphatic heterocycles. The summed E-state index contributed by atoms with van der Waals surface area (Å²) in [5.74, 6) is 2.36. The molecule has 0 spiro atoms. The van der Waals surface area contributed by atoms with Gasteiger partial charge in [-0.2, -0.15) is 4.98 Å². The summed E-state index contributed by atoms with van der Waals surface area (Å²) in [6, 6.07) is 0. The molecule has 2 aromatic heterocycles. The Bertz CT molecular complexity index is 667. The van der Waals surface area contributed by atoms with Gasteiger partial charge in [0, 0.05) is 19.4 Å². The second-order valence-corrected chi connectivity index (χ2v) is 6.39. The summed E-state index contributed by atoms with van der Waals surface area (Å²) < 4.78 is 10.5. The van der Waals surface area contributed by atoms with Crippen molar-refractivity contribution >= 4 is 17.7 Å². The largest absolute Gasteiger partial charge is 0.416 e. The molecule has 0 radical (unpaired) electrons. The molecule has 2 aromatic rings. The first kappa shape index (κ1) is 16.0. The van der Waals surface area contributed by atoms with Gasteiger partial charge in [-0.1, -0.05) is 23.3 Å². The van der Waals surface area contributed by atoms with Gasteiger partial charge in [0.25, 0.3) is 5.22 Å². The van der Waals surface area contributed by atoms with Gasteiger partial charge in [0.15, 0.2) is 5.82 Å². The Balaban J connectivity index is 1.53. The zero-order valence-electron chi connectivity index (χ0n) is 13.2. The fraction of sp³-hybridized carbons (Fsp3) is 0.643. The number of aromatic nitrogens is 4. The Hall–Kier alpha value is -1.90. The monoisotopic (exact) mass is 337 g/mol. The minimum absolute atomic E-state index is 0.0247. The summed E-state index contributed by atoms with van der Waals surface area (Å²) in [6.07, 6.45) is 3.44. The van der Waals surface area contributed by atoms with Gasteiger partial charge < -0.3 is 13.8 Å². The molecule has 124 valence electrons. The molecule has 0 saturated heterocycles. The number of carbonyl (C=O) groups excluding carboxylic acids is 1. The molecule has 0 aromatic carbocycles. The van der Waals surface area contributed by atoms with Gasteiger partial charge in [-0.25, -0.2) is 0 Å². The molecule has 2 heterocycles. The number of carbonyl (C=O) groups is 1. The molecular formula is C14H19N5O3S. The van der Waals surface area contributed by atoms with Gasteiger partial charge in [-0.15, -0.1) is 10.2 Å². The number of hydrogen-bond donors (Lipinski definition) is 0. The van der Waals surface area contributed by atoms with Crippen LogP contribution in [0.1, 0.15) is 49.7 Å². The molecular weight excluding hydrogens is 318 g/mol. The van der Waals surface area contributed by atoms with Crippen molar-refractivity contribution in [1.29, 1.82) is 0 Å². The zero-order chi connectivity index (χ0) is 16.2. The standard InChI is InChI=1S/C14H19N5O3S/c1-3-19(12(20)8-23-14-17-16-9(2)21-14)7-11-15-13(22-18-11)10-5-4-6-10/h10H,3-8H2,1-2H3. The van der Waals surface area contributed by atoms with E-state index in [1.807, 2.05) is 6.92 Å². The molecule has 1 aliphatic carbocycles. The van der Waals surface area contributed by atoms with E-state index in [2.05, 4.69) is 20.3 Å². The molecule has 0 unspecified atom stereocenters. The summed E-state index contributed by atoms with van der Waals surface area (Å²) in [6.45, 7) is 4.57. The normalized spacial score (nSPS) is 14.7. The van der Waals surface area contributed by atoms with E-state index in [-0.39, 0.29) is 11.7 Å². The van der Waals surface area contributed by atoms with E-state index < -0.39 is 0 Å². The van der Waals surface area contributed by atoms with E-state index >= 15 is 0 Å². The molecule has 23 heavy (non-hydrogen) atoms. The average Bonchev–Trinajstić information content (AvgIpc) is 3.10. The molecule has 8 nitrogen and oxygen atoms in total. The summed E-state index contributed by atoms with van der Waals surface area (Å²) in [5.41, 5.74) is 0.